The maximum absolute atomic E-state index is 14.8. The fourth-order valence-electron chi connectivity index (χ4n) is 8.15. The van der Waals surface area contributed by atoms with Gasteiger partial charge in [-0.1, -0.05) is 127 Å². The highest BCUT2D eigenvalue weighted by atomic mass is 35.5. The number of carboxylic acid groups (broad SMARTS) is 1. The van der Waals surface area contributed by atoms with Gasteiger partial charge in [0.05, 0.1) is 6.04 Å². The lowest BCUT2D eigenvalue weighted by Crippen LogP contribution is -2.59. The number of fused-ring (bicyclic) bond motifs is 18. The van der Waals surface area contributed by atoms with E-state index in [1.54, 1.807) is 115 Å². The van der Waals surface area contributed by atoms with Crippen molar-refractivity contribution in [2.75, 3.05) is 5.32 Å². The number of ketones is 1. The number of aliphatic hydroxyl groups excluding tert-OH is 2. The number of carboxylic acids is 1. The Balaban J connectivity index is 1.26. The number of thiophene rings is 1. The lowest BCUT2D eigenvalue weighted by molar-refractivity contribution is -0.144. The first-order valence-electron chi connectivity index (χ1n) is 22.9. The third-order valence-electron chi connectivity index (χ3n) is 12.1. The van der Waals surface area contributed by atoms with E-state index in [9.17, 15) is 48.9 Å². The van der Waals surface area contributed by atoms with Crippen LogP contribution in [0.1, 0.15) is 33.6 Å². The molecule has 2 bridgehead atoms. The number of hydrogen-bond acceptors (Lipinski definition) is 10. The predicted molar refractivity (Wildman–Crippen MR) is 268 cm³/mol. The summed E-state index contributed by atoms with van der Waals surface area (Å²) < 4.78 is 0. The summed E-state index contributed by atoms with van der Waals surface area (Å²) in [6.07, 6.45) is -5.44. The number of benzene rings is 5. The van der Waals surface area contributed by atoms with Crippen LogP contribution in [0, 0.1) is 5.92 Å². The minimum absolute atomic E-state index is 0.0202. The minimum Gasteiger partial charge on any atom is -0.480 e. The standard InChI is InChI=1S/C54H52ClN5O10S/c55-39-21-19-37(20-22-39)36-17-13-35(14-18-36)28-43-50(65)57-42(27-32-8-3-1-4-9-32)46(61)30-38(49(64)60-45(54(69)70)29-33-10-5-2-6-11-33)26-34-15-23-40(24-16-34)56-52(67)47(62)48(63)53(68)59-44(51(66)58-43)31-41-12-7-25-71-41/h1-25,38,42-45,47-48,62-63H,26-31H2,(H,56,67)(H,57,65)(H,58,66)(H,59,68)(H,60,64)(H,69,70)/t38-,42-,43+,44-,45+,47-,48-/m1/s1. The van der Waals surface area contributed by atoms with Crippen LogP contribution in [-0.4, -0.2) is 93.0 Å². The Hall–Kier alpha value is -7.50. The van der Waals surface area contributed by atoms with Gasteiger partial charge in [0, 0.05) is 47.2 Å². The molecule has 366 valence electrons. The molecule has 0 radical (unpaired) electrons. The first-order valence-corrected chi connectivity index (χ1v) is 24.1. The Morgan fingerprint density at radius 3 is 1.73 bits per heavy atom. The molecular formula is C54H52ClN5O10S. The predicted octanol–water partition coefficient (Wildman–Crippen LogP) is 4.85. The van der Waals surface area contributed by atoms with Crippen LogP contribution in [0.3, 0.4) is 0 Å². The zero-order valence-corrected chi connectivity index (χ0v) is 39.8. The SMILES string of the molecule is O=C(N[C@@H](Cc1ccccc1)C(=O)O)[C@H]1CC(=O)[C@@H](Cc2ccccc2)NC(=O)[C@H](Cc2ccc(-c3ccc(Cl)cc3)cc2)NC(=O)[C@@H](Cc2cccs2)NC(=O)[C@H](O)[C@@H](O)C(=O)Nc2ccc(cc2)C1. The third kappa shape index (κ3) is 14.5. The molecule has 6 aromatic rings. The highest BCUT2D eigenvalue weighted by molar-refractivity contribution is 7.09. The maximum Gasteiger partial charge on any atom is 0.326 e. The van der Waals surface area contributed by atoms with Gasteiger partial charge in [0.1, 0.15) is 18.1 Å². The monoisotopic (exact) mass is 997 g/mol. The van der Waals surface area contributed by atoms with Crippen molar-refractivity contribution in [1.29, 1.82) is 0 Å². The van der Waals surface area contributed by atoms with Crippen molar-refractivity contribution in [2.24, 2.45) is 5.92 Å². The van der Waals surface area contributed by atoms with Crippen LogP contribution >= 0.6 is 22.9 Å². The molecule has 0 saturated heterocycles. The number of carbonyl (C=O) groups excluding carboxylic acids is 6. The molecule has 7 atom stereocenters. The number of amides is 5. The molecule has 15 nitrogen and oxygen atoms in total. The molecule has 3 heterocycles. The van der Waals surface area contributed by atoms with Gasteiger partial charge in [-0.2, -0.15) is 0 Å². The molecule has 0 fully saturated rings. The zero-order chi connectivity index (χ0) is 50.4. The van der Waals surface area contributed by atoms with E-state index in [0.29, 0.717) is 32.2 Å². The van der Waals surface area contributed by atoms with Gasteiger partial charge in [-0.15, -0.1) is 11.3 Å². The molecule has 71 heavy (non-hydrogen) atoms. The molecule has 5 amide bonds. The topological polar surface area (TPSA) is 240 Å². The van der Waals surface area contributed by atoms with Gasteiger partial charge in [0.25, 0.3) is 11.8 Å². The summed E-state index contributed by atoms with van der Waals surface area (Å²) in [5.41, 5.74) is 4.30. The lowest BCUT2D eigenvalue weighted by Gasteiger charge is -2.27. The summed E-state index contributed by atoms with van der Waals surface area (Å²) in [5, 5.41) is 47.6. The van der Waals surface area contributed by atoms with Gasteiger partial charge >= 0.3 is 5.97 Å². The average molecular weight is 999 g/mol. The van der Waals surface area contributed by atoms with Crippen molar-refractivity contribution >= 4 is 69.9 Å². The van der Waals surface area contributed by atoms with Crippen LogP contribution in [0.15, 0.2) is 151 Å². The zero-order valence-electron chi connectivity index (χ0n) is 38.2. The molecule has 0 unspecified atom stereocenters. The summed E-state index contributed by atoms with van der Waals surface area (Å²) in [6, 6.07) is 36.1. The largest absolute Gasteiger partial charge is 0.480 e. The summed E-state index contributed by atoms with van der Waals surface area (Å²) in [7, 11) is 0. The van der Waals surface area contributed by atoms with Crippen molar-refractivity contribution in [3.8, 4) is 11.1 Å². The van der Waals surface area contributed by atoms with E-state index in [0.717, 1.165) is 11.1 Å². The second-order valence-corrected chi connectivity index (χ2v) is 18.8. The van der Waals surface area contributed by atoms with Gasteiger partial charge in [-0.05, 0) is 81.9 Å². The third-order valence-corrected chi connectivity index (χ3v) is 13.2. The number of hydrogen-bond donors (Lipinski definition) is 8. The molecule has 8 rings (SSSR count). The molecule has 17 heteroatoms. The van der Waals surface area contributed by atoms with Crippen LogP contribution in [0.5, 0.6) is 0 Å². The number of nitrogens with one attached hydrogen (secondary N) is 5. The van der Waals surface area contributed by atoms with Crippen molar-refractivity contribution < 1.29 is 48.9 Å². The summed E-state index contributed by atoms with van der Waals surface area (Å²) >= 11 is 7.40. The van der Waals surface area contributed by atoms with E-state index < -0.39 is 90.0 Å². The smallest absolute Gasteiger partial charge is 0.326 e. The quantitative estimate of drug-likeness (QED) is 0.0776. The van der Waals surface area contributed by atoms with Crippen molar-refractivity contribution in [1.82, 2.24) is 21.3 Å². The summed E-state index contributed by atoms with van der Waals surface area (Å²) in [5.74, 6) is -7.78. The molecule has 2 aliphatic heterocycles. The molecule has 5 aromatic carbocycles. The fourth-order valence-corrected chi connectivity index (χ4v) is 9.03. The van der Waals surface area contributed by atoms with E-state index in [1.165, 1.54) is 23.5 Å². The van der Waals surface area contributed by atoms with E-state index in [4.69, 9.17) is 11.6 Å². The number of halogens is 1. The van der Waals surface area contributed by atoms with Gasteiger partial charge in [0.15, 0.2) is 18.0 Å². The molecular weight excluding hydrogens is 946 g/mol. The Labute approximate surface area is 418 Å². The number of aliphatic carboxylic acids is 1. The summed E-state index contributed by atoms with van der Waals surface area (Å²) in [6.45, 7) is 0. The highest BCUT2D eigenvalue weighted by Crippen LogP contribution is 2.24. The fraction of sp³-hybridized carbons (Fsp3) is 0.241. The molecule has 1 aromatic heterocycles. The van der Waals surface area contributed by atoms with Crippen LogP contribution < -0.4 is 26.6 Å². The second kappa shape index (κ2) is 24.4. The van der Waals surface area contributed by atoms with Crippen LogP contribution in [0.25, 0.3) is 11.1 Å². The molecule has 8 N–H and O–H groups in total. The Bertz CT molecular complexity index is 2800. The molecule has 0 saturated carbocycles. The van der Waals surface area contributed by atoms with Crippen LogP contribution in [0.4, 0.5) is 5.69 Å². The number of aliphatic hydroxyl groups is 2. The van der Waals surface area contributed by atoms with Gasteiger partial charge in [0.2, 0.25) is 17.7 Å². The summed E-state index contributed by atoms with van der Waals surface area (Å²) in [4.78, 5) is 98.3. The van der Waals surface area contributed by atoms with Crippen molar-refractivity contribution in [3.05, 3.63) is 183 Å². The Morgan fingerprint density at radius 2 is 1.13 bits per heavy atom. The van der Waals surface area contributed by atoms with Crippen LogP contribution in [-0.2, 0) is 65.7 Å². The second-order valence-electron chi connectivity index (χ2n) is 17.3. The van der Waals surface area contributed by atoms with Gasteiger partial charge in [-0.25, -0.2) is 4.79 Å². The average Bonchev–Trinajstić information content (AvgIpc) is 3.89. The Morgan fingerprint density at radius 1 is 0.592 bits per heavy atom. The first kappa shape index (κ1) is 51.4. The van der Waals surface area contributed by atoms with E-state index >= 15 is 0 Å². The van der Waals surface area contributed by atoms with Crippen LogP contribution in [0.2, 0.25) is 5.02 Å². The molecule has 0 spiro atoms. The lowest BCUT2D eigenvalue weighted by atomic mass is 9.89. The normalized spacial score (nSPS) is 20.9. The van der Waals surface area contributed by atoms with Crippen molar-refractivity contribution in [3.63, 3.8) is 0 Å². The molecule has 0 aliphatic carbocycles. The number of rotatable bonds is 12. The minimum atomic E-state index is -2.33. The van der Waals surface area contributed by atoms with E-state index in [1.807, 2.05) is 24.3 Å². The van der Waals surface area contributed by atoms with Crippen molar-refractivity contribution in [2.45, 2.75) is 74.9 Å². The number of Topliss-reactive ketones (excluding diaryl/α,β-unsaturated/α-hetero) is 1. The highest BCUT2D eigenvalue weighted by Gasteiger charge is 2.36. The van der Waals surface area contributed by atoms with Gasteiger partial charge < -0.3 is 41.9 Å². The van der Waals surface area contributed by atoms with Gasteiger partial charge in [-0.3, -0.25) is 28.8 Å². The molecule has 2 aliphatic rings. The number of anilines is 1. The maximum atomic E-state index is 14.8. The van der Waals surface area contributed by atoms with E-state index in [-0.39, 0.29) is 37.8 Å². The van der Waals surface area contributed by atoms with E-state index in [2.05, 4.69) is 26.6 Å². The Kier molecular flexibility index (Phi) is 17.6. The number of carbonyl (C=O) groups is 7. The first-order chi connectivity index (χ1) is 34.2.